The molecule has 1 heterocycles. The van der Waals surface area contributed by atoms with Crippen LogP contribution in [0.2, 0.25) is 0 Å². The van der Waals surface area contributed by atoms with Crippen LogP contribution in [0.15, 0.2) is 17.7 Å². The Balaban J connectivity index is 2.27. The first-order chi connectivity index (χ1) is 11.5. The molecule has 0 aliphatic rings. The van der Waals surface area contributed by atoms with E-state index in [-0.39, 0.29) is 11.3 Å². The SMILES string of the molecule is CCc1nnc(NC(=O)/C(C#N)=C\c2cc(O)c(O)c(OC)c2)s1. The van der Waals surface area contributed by atoms with Crippen LogP contribution in [0.1, 0.15) is 17.5 Å². The summed E-state index contributed by atoms with van der Waals surface area (Å²) in [4.78, 5) is 12.1. The zero-order valence-electron chi connectivity index (χ0n) is 12.9. The number of benzene rings is 1. The maximum Gasteiger partial charge on any atom is 0.268 e. The van der Waals surface area contributed by atoms with Gasteiger partial charge in [0, 0.05) is 0 Å². The molecular formula is C15H14N4O4S. The number of ether oxygens (including phenoxy) is 1. The van der Waals surface area contributed by atoms with Gasteiger partial charge < -0.3 is 14.9 Å². The Labute approximate surface area is 141 Å². The van der Waals surface area contributed by atoms with E-state index in [1.807, 2.05) is 6.92 Å². The molecule has 0 unspecified atom stereocenters. The Kier molecular flexibility index (Phi) is 5.34. The standard InChI is InChI=1S/C15H14N4O4S/c1-3-12-18-19-15(24-12)17-14(22)9(7-16)4-8-5-10(20)13(21)11(6-8)23-2/h4-6,20-21H,3H2,1-2H3,(H,17,19,22)/b9-4-. The number of carbonyl (C=O) groups excluding carboxylic acids is 1. The molecular weight excluding hydrogens is 332 g/mol. The Bertz CT molecular complexity index is 838. The van der Waals surface area contributed by atoms with Gasteiger partial charge >= 0.3 is 0 Å². The normalized spacial score (nSPS) is 11.0. The van der Waals surface area contributed by atoms with E-state index in [9.17, 15) is 20.3 Å². The number of phenols is 2. The highest BCUT2D eigenvalue weighted by molar-refractivity contribution is 7.15. The van der Waals surface area contributed by atoms with Gasteiger partial charge in [-0.2, -0.15) is 5.26 Å². The number of nitriles is 1. The van der Waals surface area contributed by atoms with Gasteiger partial charge in [0.2, 0.25) is 10.9 Å². The van der Waals surface area contributed by atoms with Gasteiger partial charge in [-0.1, -0.05) is 18.3 Å². The molecule has 0 spiro atoms. The zero-order chi connectivity index (χ0) is 17.7. The lowest BCUT2D eigenvalue weighted by Gasteiger charge is -2.07. The average Bonchev–Trinajstić information content (AvgIpc) is 3.02. The number of hydrogen-bond acceptors (Lipinski definition) is 8. The highest BCUT2D eigenvalue weighted by Gasteiger charge is 2.14. The fourth-order valence-corrected chi connectivity index (χ4v) is 2.45. The van der Waals surface area contributed by atoms with Gasteiger partial charge in [0.25, 0.3) is 5.91 Å². The lowest BCUT2D eigenvalue weighted by Crippen LogP contribution is -2.13. The van der Waals surface area contributed by atoms with Crippen molar-refractivity contribution >= 4 is 28.5 Å². The van der Waals surface area contributed by atoms with Crippen molar-refractivity contribution in [3.05, 3.63) is 28.3 Å². The summed E-state index contributed by atoms with van der Waals surface area (Å²) in [7, 11) is 1.32. The minimum absolute atomic E-state index is 0.0238. The second-order valence-corrected chi connectivity index (χ2v) is 5.63. The second-order valence-electron chi connectivity index (χ2n) is 4.57. The molecule has 0 bridgehead atoms. The van der Waals surface area contributed by atoms with E-state index in [4.69, 9.17) is 4.74 Å². The molecule has 0 aliphatic heterocycles. The van der Waals surface area contributed by atoms with E-state index in [0.29, 0.717) is 17.1 Å². The number of aromatic nitrogens is 2. The topological polar surface area (TPSA) is 128 Å². The largest absolute Gasteiger partial charge is 0.504 e. The molecule has 1 aromatic carbocycles. The van der Waals surface area contributed by atoms with Crippen LogP contribution in [-0.2, 0) is 11.2 Å². The summed E-state index contributed by atoms with van der Waals surface area (Å²) in [6, 6.07) is 4.38. The number of carbonyl (C=O) groups is 1. The number of hydrogen-bond donors (Lipinski definition) is 3. The molecule has 2 aromatic rings. The number of nitrogens with one attached hydrogen (secondary N) is 1. The number of amides is 1. The Hall–Kier alpha value is -3.12. The summed E-state index contributed by atoms with van der Waals surface area (Å²) < 4.78 is 4.91. The molecule has 24 heavy (non-hydrogen) atoms. The summed E-state index contributed by atoms with van der Waals surface area (Å²) in [6.45, 7) is 1.91. The molecule has 2 rings (SSSR count). The van der Waals surface area contributed by atoms with Gasteiger partial charge in [0.1, 0.15) is 16.6 Å². The first-order valence-corrected chi connectivity index (χ1v) is 7.65. The van der Waals surface area contributed by atoms with Gasteiger partial charge in [-0.3, -0.25) is 10.1 Å². The monoisotopic (exact) mass is 346 g/mol. The van der Waals surface area contributed by atoms with Crippen molar-refractivity contribution in [2.24, 2.45) is 0 Å². The van der Waals surface area contributed by atoms with Crippen molar-refractivity contribution in [1.29, 1.82) is 5.26 Å². The maximum atomic E-state index is 12.1. The Morgan fingerprint density at radius 1 is 1.46 bits per heavy atom. The van der Waals surface area contributed by atoms with Crippen LogP contribution in [0.5, 0.6) is 17.2 Å². The lowest BCUT2D eigenvalue weighted by atomic mass is 10.1. The summed E-state index contributed by atoms with van der Waals surface area (Å²) in [5.74, 6) is -1.47. The minimum atomic E-state index is -0.650. The van der Waals surface area contributed by atoms with Gasteiger partial charge in [0.05, 0.1) is 7.11 Å². The summed E-state index contributed by atoms with van der Waals surface area (Å²) >= 11 is 1.22. The molecule has 0 saturated heterocycles. The highest BCUT2D eigenvalue weighted by atomic mass is 32.1. The number of nitrogens with zero attached hydrogens (tertiary/aromatic N) is 3. The highest BCUT2D eigenvalue weighted by Crippen LogP contribution is 2.36. The van der Waals surface area contributed by atoms with Gasteiger partial charge in [-0.05, 0) is 30.2 Å². The summed E-state index contributed by atoms with van der Waals surface area (Å²) in [5, 5.41) is 39.7. The predicted octanol–water partition coefficient (Wildman–Crippen LogP) is 2.07. The number of aryl methyl sites for hydroxylation is 1. The maximum absolute atomic E-state index is 12.1. The van der Waals surface area contributed by atoms with Crippen LogP contribution in [0.3, 0.4) is 0 Å². The average molecular weight is 346 g/mol. The third kappa shape index (κ3) is 3.80. The Morgan fingerprint density at radius 2 is 2.21 bits per heavy atom. The molecule has 0 saturated carbocycles. The minimum Gasteiger partial charge on any atom is -0.504 e. The van der Waals surface area contributed by atoms with E-state index in [1.54, 1.807) is 6.07 Å². The fourth-order valence-electron chi connectivity index (χ4n) is 1.78. The number of anilines is 1. The Morgan fingerprint density at radius 3 is 2.79 bits per heavy atom. The van der Waals surface area contributed by atoms with E-state index >= 15 is 0 Å². The van der Waals surface area contributed by atoms with Crippen LogP contribution in [0.25, 0.3) is 6.08 Å². The molecule has 0 aliphatic carbocycles. The van der Waals surface area contributed by atoms with Gasteiger partial charge in [-0.25, -0.2) is 0 Å². The van der Waals surface area contributed by atoms with Crippen LogP contribution < -0.4 is 10.1 Å². The molecule has 3 N–H and O–H groups in total. The van der Waals surface area contributed by atoms with Crippen molar-refractivity contribution < 1.29 is 19.7 Å². The van der Waals surface area contributed by atoms with Crippen molar-refractivity contribution in [3.63, 3.8) is 0 Å². The third-order valence-corrected chi connectivity index (χ3v) is 3.95. The first kappa shape index (κ1) is 17.2. The van der Waals surface area contributed by atoms with Crippen LogP contribution >= 0.6 is 11.3 Å². The van der Waals surface area contributed by atoms with Crippen molar-refractivity contribution in [2.45, 2.75) is 13.3 Å². The van der Waals surface area contributed by atoms with Crippen LogP contribution in [0.4, 0.5) is 5.13 Å². The third-order valence-electron chi connectivity index (χ3n) is 2.96. The number of phenolic OH excluding ortho intramolecular Hbond substituents is 2. The number of methoxy groups -OCH3 is 1. The van der Waals surface area contributed by atoms with E-state index < -0.39 is 17.4 Å². The molecule has 1 amide bonds. The quantitative estimate of drug-likeness (QED) is 0.429. The van der Waals surface area contributed by atoms with Crippen molar-refractivity contribution in [2.75, 3.05) is 12.4 Å². The number of rotatable bonds is 5. The van der Waals surface area contributed by atoms with Gasteiger partial charge in [-0.15, -0.1) is 10.2 Å². The molecule has 1 aromatic heterocycles. The molecule has 9 heteroatoms. The van der Waals surface area contributed by atoms with E-state index in [0.717, 1.165) is 5.01 Å². The summed E-state index contributed by atoms with van der Waals surface area (Å²) in [6.07, 6.45) is 1.96. The second kappa shape index (κ2) is 7.43. The van der Waals surface area contributed by atoms with Crippen LogP contribution in [0, 0.1) is 11.3 Å². The van der Waals surface area contributed by atoms with E-state index in [1.165, 1.54) is 36.7 Å². The number of aromatic hydroxyl groups is 2. The zero-order valence-corrected chi connectivity index (χ0v) is 13.7. The molecule has 124 valence electrons. The smallest absolute Gasteiger partial charge is 0.268 e. The predicted molar refractivity (Wildman–Crippen MR) is 87.8 cm³/mol. The van der Waals surface area contributed by atoms with E-state index in [2.05, 4.69) is 15.5 Å². The van der Waals surface area contributed by atoms with Crippen LogP contribution in [-0.4, -0.2) is 33.4 Å². The summed E-state index contributed by atoms with van der Waals surface area (Å²) in [5.41, 5.74) is 0.121. The first-order valence-electron chi connectivity index (χ1n) is 6.84. The fraction of sp³-hybridized carbons (Fsp3) is 0.200. The van der Waals surface area contributed by atoms with Crippen molar-refractivity contribution in [1.82, 2.24) is 10.2 Å². The molecule has 8 nitrogen and oxygen atoms in total. The molecule has 0 radical (unpaired) electrons. The van der Waals surface area contributed by atoms with Gasteiger partial charge in [0.15, 0.2) is 11.5 Å². The molecule has 0 atom stereocenters. The van der Waals surface area contributed by atoms with Crippen molar-refractivity contribution in [3.8, 4) is 23.3 Å². The molecule has 0 fully saturated rings. The lowest BCUT2D eigenvalue weighted by molar-refractivity contribution is -0.112.